The maximum absolute atomic E-state index is 12.5. The summed E-state index contributed by atoms with van der Waals surface area (Å²) in [5.41, 5.74) is 2.65. The van der Waals surface area contributed by atoms with Crippen molar-refractivity contribution in [3.63, 3.8) is 0 Å². The second-order valence-electron chi connectivity index (χ2n) is 4.11. The number of aromatic nitrogens is 1. The van der Waals surface area contributed by atoms with E-state index in [4.69, 9.17) is 5.84 Å². The Morgan fingerprint density at radius 2 is 2.39 bits per heavy atom. The van der Waals surface area contributed by atoms with Crippen LogP contribution in [0.3, 0.4) is 0 Å². The van der Waals surface area contributed by atoms with Gasteiger partial charge in [-0.3, -0.25) is 10.8 Å². The maximum Gasteiger partial charge on any atom is 0.247 e. The molecule has 18 heavy (non-hydrogen) atoms. The first-order valence-electron chi connectivity index (χ1n) is 5.64. The molecule has 4 N–H and O–H groups in total. The lowest BCUT2D eigenvalue weighted by molar-refractivity contribution is 0.213. The number of aliphatic hydroxyl groups excluding tert-OH is 1. The molecule has 0 aliphatic carbocycles. The van der Waals surface area contributed by atoms with E-state index >= 15 is 0 Å². The van der Waals surface area contributed by atoms with Crippen LogP contribution in [0.2, 0.25) is 0 Å². The van der Waals surface area contributed by atoms with Crippen LogP contribution < -0.4 is 11.3 Å². The van der Waals surface area contributed by atoms with E-state index in [1.165, 1.54) is 22.8 Å². The Labute approximate surface area is 106 Å². The molecular formula is C10H16N4O3S. The van der Waals surface area contributed by atoms with Crippen molar-refractivity contribution in [2.45, 2.75) is 23.8 Å². The minimum Gasteiger partial charge on any atom is -0.395 e. The second kappa shape index (κ2) is 5.19. The molecule has 1 atom stereocenters. The van der Waals surface area contributed by atoms with E-state index in [1.807, 2.05) is 0 Å². The number of hydrazine groups is 1. The molecule has 1 fully saturated rings. The number of nitrogens with zero attached hydrogens (tertiary/aromatic N) is 2. The molecule has 1 aliphatic heterocycles. The van der Waals surface area contributed by atoms with E-state index in [1.54, 1.807) is 0 Å². The molecule has 1 aromatic heterocycles. The van der Waals surface area contributed by atoms with Gasteiger partial charge in [-0.05, 0) is 18.9 Å². The topological polar surface area (TPSA) is 109 Å². The number of nitrogens with one attached hydrogen (secondary N) is 1. The van der Waals surface area contributed by atoms with E-state index < -0.39 is 10.0 Å². The number of aliphatic hydroxyl groups is 1. The molecule has 1 saturated heterocycles. The lowest BCUT2D eigenvalue weighted by Gasteiger charge is -2.23. The summed E-state index contributed by atoms with van der Waals surface area (Å²) in [5.74, 6) is 5.30. The molecule has 1 aromatic rings. The third-order valence-electron chi connectivity index (χ3n) is 3.06. The lowest BCUT2D eigenvalue weighted by atomic mass is 10.2. The van der Waals surface area contributed by atoms with Crippen molar-refractivity contribution in [1.82, 2.24) is 9.29 Å². The standard InChI is InChI=1S/C10H16N4O3S/c11-13-9-3-4-12-6-10(9)18(16,17)14-5-1-2-8(14)7-15/h3-4,6,8,15H,1-2,5,7,11H2,(H,12,13). The predicted molar refractivity (Wildman–Crippen MR) is 66.0 cm³/mol. The number of anilines is 1. The number of hydrogen-bond donors (Lipinski definition) is 3. The molecular weight excluding hydrogens is 256 g/mol. The molecule has 1 unspecified atom stereocenters. The maximum atomic E-state index is 12.5. The van der Waals surface area contributed by atoms with Crippen molar-refractivity contribution in [3.8, 4) is 0 Å². The van der Waals surface area contributed by atoms with Crippen LogP contribution in [0.5, 0.6) is 0 Å². The number of hydrogen-bond acceptors (Lipinski definition) is 6. The molecule has 0 amide bonds. The highest BCUT2D eigenvalue weighted by Gasteiger charge is 2.36. The molecule has 8 heteroatoms. The fraction of sp³-hybridized carbons (Fsp3) is 0.500. The first kappa shape index (κ1) is 13.2. The molecule has 1 aliphatic rings. The predicted octanol–water partition coefficient (Wildman–Crippen LogP) is -0.487. The fourth-order valence-corrected chi connectivity index (χ4v) is 3.92. The Balaban J connectivity index is 2.42. The zero-order valence-corrected chi connectivity index (χ0v) is 10.6. The Morgan fingerprint density at radius 3 is 3.06 bits per heavy atom. The molecule has 100 valence electrons. The van der Waals surface area contributed by atoms with Gasteiger partial charge in [0.1, 0.15) is 4.90 Å². The highest BCUT2D eigenvalue weighted by atomic mass is 32.2. The first-order chi connectivity index (χ1) is 8.61. The van der Waals surface area contributed by atoms with E-state index in [9.17, 15) is 13.5 Å². The highest BCUT2D eigenvalue weighted by Crippen LogP contribution is 2.28. The van der Waals surface area contributed by atoms with Crippen LogP contribution in [0.4, 0.5) is 5.69 Å². The van der Waals surface area contributed by atoms with Crippen LogP contribution in [0.1, 0.15) is 12.8 Å². The summed E-state index contributed by atoms with van der Waals surface area (Å²) in [7, 11) is -3.67. The second-order valence-corrected chi connectivity index (χ2v) is 5.97. The molecule has 2 heterocycles. The van der Waals surface area contributed by atoms with Crippen molar-refractivity contribution >= 4 is 15.7 Å². The van der Waals surface area contributed by atoms with Crippen molar-refractivity contribution in [1.29, 1.82) is 0 Å². The highest BCUT2D eigenvalue weighted by molar-refractivity contribution is 7.89. The van der Waals surface area contributed by atoms with E-state index in [-0.39, 0.29) is 17.5 Å². The molecule has 0 aromatic carbocycles. The minimum atomic E-state index is -3.67. The van der Waals surface area contributed by atoms with Crippen molar-refractivity contribution in [2.24, 2.45) is 5.84 Å². The minimum absolute atomic E-state index is 0.0350. The number of pyridine rings is 1. The Bertz CT molecular complexity index is 520. The summed E-state index contributed by atoms with van der Waals surface area (Å²) in [4.78, 5) is 3.85. The quantitative estimate of drug-likeness (QED) is 0.504. The van der Waals surface area contributed by atoms with Crippen LogP contribution in [-0.2, 0) is 10.0 Å². The van der Waals surface area contributed by atoms with Crippen LogP contribution in [-0.4, -0.2) is 42.0 Å². The van der Waals surface area contributed by atoms with Gasteiger partial charge < -0.3 is 10.5 Å². The van der Waals surface area contributed by atoms with Gasteiger partial charge in [0.05, 0.1) is 12.3 Å². The van der Waals surface area contributed by atoms with Crippen LogP contribution in [0.25, 0.3) is 0 Å². The Kier molecular flexibility index (Phi) is 3.81. The van der Waals surface area contributed by atoms with Gasteiger partial charge in [0.15, 0.2) is 0 Å². The fourth-order valence-electron chi connectivity index (χ4n) is 2.14. The van der Waals surface area contributed by atoms with Gasteiger partial charge in [0, 0.05) is 25.0 Å². The lowest BCUT2D eigenvalue weighted by Crippen LogP contribution is -2.38. The van der Waals surface area contributed by atoms with E-state index in [2.05, 4.69) is 10.4 Å². The SMILES string of the molecule is NNc1ccncc1S(=O)(=O)N1CCCC1CO. The number of rotatable bonds is 4. The van der Waals surface area contributed by atoms with Crippen LogP contribution in [0, 0.1) is 0 Å². The van der Waals surface area contributed by atoms with Crippen molar-refractivity contribution in [3.05, 3.63) is 18.5 Å². The number of nitrogen functional groups attached to an aromatic ring is 1. The normalized spacial score (nSPS) is 21.1. The largest absolute Gasteiger partial charge is 0.395 e. The van der Waals surface area contributed by atoms with E-state index in [0.717, 1.165) is 6.42 Å². The van der Waals surface area contributed by atoms with Gasteiger partial charge in [-0.2, -0.15) is 4.31 Å². The van der Waals surface area contributed by atoms with Crippen LogP contribution >= 0.6 is 0 Å². The molecule has 7 nitrogen and oxygen atoms in total. The summed E-state index contributed by atoms with van der Waals surface area (Å²) >= 11 is 0. The Morgan fingerprint density at radius 1 is 1.61 bits per heavy atom. The van der Waals surface area contributed by atoms with Gasteiger partial charge in [-0.25, -0.2) is 8.42 Å². The zero-order valence-electron chi connectivity index (χ0n) is 9.78. The average Bonchev–Trinajstić information content (AvgIpc) is 2.87. The van der Waals surface area contributed by atoms with Gasteiger partial charge in [0.2, 0.25) is 10.0 Å². The summed E-state index contributed by atoms with van der Waals surface area (Å²) in [6.07, 6.45) is 4.14. The monoisotopic (exact) mass is 272 g/mol. The van der Waals surface area contributed by atoms with Gasteiger partial charge in [-0.1, -0.05) is 0 Å². The van der Waals surface area contributed by atoms with Crippen molar-refractivity contribution < 1.29 is 13.5 Å². The van der Waals surface area contributed by atoms with Gasteiger partial charge in [-0.15, -0.1) is 0 Å². The summed E-state index contributed by atoms with van der Waals surface area (Å²) < 4.78 is 26.2. The zero-order chi connectivity index (χ0) is 13.2. The molecule has 0 radical (unpaired) electrons. The number of nitrogens with two attached hydrogens (primary N) is 1. The third-order valence-corrected chi connectivity index (χ3v) is 5.04. The summed E-state index contributed by atoms with van der Waals surface area (Å²) in [5, 5.41) is 9.21. The van der Waals surface area contributed by atoms with Gasteiger partial charge >= 0.3 is 0 Å². The van der Waals surface area contributed by atoms with Gasteiger partial charge in [0.25, 0.3) is 0 Å². The van der Waals surface area contributed by atoms with Crippen molar-refractivity contribution in [2.75, 3.05) is 18.6 Å². The molecule has 0 saturated carbocycles. The number of sulfonamides is 1. The first-order valence-corrected chi connectivity index (χ1v) is 7.08. The Hall–Kier alpha value is -1.22. The smallest absolute Gasteiger partial charge is 0.247 e. The summed E-state index contributed by atoms with van der Waals surface area (Å²) in [6, 6.07) is 1.14. The average molecular weight is 272 g/mol. The molecule has 2 rings (SSSR count). The molecule has 0 spiro atoms. The summed E-state index contributed by atoms with van der Waals surface area (Å²) in [6.45, 7) is 0.233. The van der Waals surface area contributed by atoms with E-state index in [0.29, 0.717) is 18.7 Å². The van der Waals surface area contributed by atoms with Crippen LogP contribution in [0.15, 0.2) is 23.4 Å². The third kappa shape index (κ3) is 2.19. The molecule has 0 bridgehead atoms.